The Labute approximate surface area is 134 Å². The van der Waals surface area contributed by atoms with E-state index < -0.39 is 5.41 Å². The first-order valence-corrected chi connectivity index (χ1v) is 8.17. The van der Waals surface area contributed by atoms with Crippen molar-refractivity contribution < 1.29 is 14.3 Å². The molecule has 1 aromatic carbocycles. The second-order valence-corrected chi connectivity index (χ2v) is 6.69. The molecule has 0 spiro atoms. The van der Waals surface area contributed by atoms with Crippen molar-refractivity contribution in [1.29, 1.82) is 0 Å². The molecule has 0 amide bonds. The molecule has 22 heavy (non-hydrogen) atoms. The molecular formula is C19H28O3. The van der Waals surface area contributed by atoms with Crippen molar-refractivity contribution in [1.82, 2.24) is 0 Å². The van der Waals surface area contributed by atoms with Crippen LogP contribution in [0.1, 0.15) is 69.7 Å². The zero-order valence-corrected chi connectivity index (χ0v) is 14.1. The standard InChI is InChI=1S/C19H28O3/c1-19(2,3)18(21)22-15-11-6-4-5-10-14-17(20)16-12-8-7-9-13-16/h7-9,12-13H,4-6,10-11,14-15H2,1-3H3. The monoisotopic (exact) mass is 304 g/mol. The van der Waals surface area contributed by atoms with Crippen LogP contribution in [0.4, 0.5) is 0 Å². The predicted octanol–water partition coefficient (Wildman–Crippen LogP) is 4.80. The Morgan fingerprint density at radius 3 is 2.14 bits per heavy atom. The molecule has 0 aromatic heterocycles. The lowest BCUT2D eigenvalue weighted by Gasteiger charge is -2.16. The molecule has 0 atom stereocenters. The molecule has 0 saturated carbocycles. The summed E-state index contributed by atoms with van der Waals surface area (Å²) in [5, 5.41) is 0. The summed E-state index contributed by atoms with van der Waals surface area (Å²) < 4.78 is 5.22. The van der Waals surface area contributed by atoms with Crippen molar-refractivity contribution in [2.45, 2.75) is 59.3 Å². The van der Waals surface area contributed by atoms with E-state index in [1.165, 1.54) is 0 Å². The van der Waals surface area contributed by atoms with Crippen LogP contribution in [0.2, 0.25) is 0 Å². The number of carbonyl (C=O) groups excluding carboxylic acids is 2. The number of carbonyl (C=O) groups is 2. The van der Waals surface area contributed by atoms with E-state index in [0.29, 0.717) is 13.0 Å². The number of esters is 1. The molecule has 0 fully saturated rings. The quantitative estimate of drug-likeness (QED) is 0.374. The Bertz CT molecular complexity index is 457. The lowest BCUT2D eigenvalue weighted by atomic mass is 9.97. The number of Topliss-reactive ketones (excluding diaryl/α,β-unsaturated/α-hetero) is 1. The maximum Gasteiger partial charge on any atom is 0.311 e. The van der Waals surface area contributed by atoms with Crippen LogP contribution in [-0.2, 0) is 9.53 Å². The first-order chi connectivity index (χ1) is 10.4. The maximum absolute atomic E-state index is 11.9. The minimum atomic E-state index is -0.419. The number of ether oxygens (including phenoxy) is 1. The van der Waals surface area contributed by atoms with Gasteiger partial charge in [0.2, 0.25) is 0 Å². The topological polar surface area (TPSA) is 43.4 Å². The van der Waals surface area contributed by atoms with E-state index in [9.17, 15) is 9.59 Å². The molecule has 122 valence electrons. The van der Waals surface area contributed by atoms with E-state index in [1.54, 1.807) is 0 Å². The van der Waals surface area contributed by atoms with Crippen LogP contribution in [0.5, 0.6) is 0 Å². The highest BCUT2D eigenvalue weighted by Gasteiger charge is 2.22. The second-order valence-electron chi connectivity index (χ2n) is 6.69. The molecule has 0 bridgehead atoms. The molecule has 1 rings (SSSR count). The van der Waals surface area contributed by atoms with Crippen molar-refractivity contribution in [3.8, 4) is 0 Å². The third-order valence-electron chi connectivity index (χ3n) is 3.49. The number of hydrogen-bond donors (Lipinski definition) is 0. The highest BCUT2D eigenvalue weighted by Crippen LogP contribution is 2.15. The maximum atomic E-state index is 11.9. The van der Waals surface area contributed by atoms with Gasteiger partial charge in [-0.2, -0.15) is 0 Å². The smallest absolute Gasteiger partial charge is 0.311 e. The SMILES string of the molecule is CC(C)(C)C(=O)OCCCCCCCC(=O)c1ccccc1. The molecule has 3 heteroatoms. The third-order valence-corrected chi connectivity index (χ3v) is 3.49. The van der Waals surface area contributed by atoms with Crippen molar-refractivity contribution in [2.24, 2.45) is 5.41 Å². The van der Waals surface area contributed by atoms with Gasteiger partial charge in [0.05, 0.1) is 12.0 Å². The summed E-state index contributed by atoms with van der Waals surface area (Å²) in [6.07, 6.45) is 5.60. The molecule has 0 heterocycles. The summed E-state index contributed by atoms with van der Waals surface area (Å²) in [7, 11) is 0. The van der Waals surface area contributed by atoms with Gasteiger partial charge in [0.25, 0.3) is 0 Å². The molecule has 3 nitrogen and oxygen atoms in total. The Kier molecular flexibility index (Phi) is 7.86. The van der Waals surface area contributed by atoms with Crippen LogP contribution in [0, 0.1) is 5.41 Å². The molecule has 1 aromatic rings. The fraction of sp³-hybridized carbons (Fsp3) is 0.579. The molecule has 0 radical (unpaired) electrons. The average molecular weight is 304 g/mol. The van der Waals surface area contributed by atoms with Gasteiger partial charge in [-0.3, -0.25) is 9.59 Å². The van der Waals surface area contributed by atoms with E-state index in [4.69, 9.17) is 4.74 Å². The lowest BCUT2D eigenvalue weighted by Crippen LogP contribution is -2.23. The fourth-order valence-corrected chi connectivity index (χ4v) is 2.07. The fourth-order valence-electron chi connectivity index (χ4n) is 2.07. The average Bonchev–Trinajstić information content (AvgIpc) is 2.49. The van der Waals surface area contributed by atoms with Crippen molar-refractivity contribution >= 4 is 11.8 Å². The molecule has 0 aliphatic carbocycles. The highest BCUT2D eigenvalue weighted by atomic mass is 16.5. The van der Waals surface area contributed by atoms with Crippen LogP contribution >= 0.6 is 0 Å². The Hall–Kier alpha value is -1.64. The zero-order valence-electron chi connectivity index (χ0n) is 14.1. The van der Waals surface area contributed by atoms with E-state index in [1.807, 2.05) is 51.1 Å². The van der Waals surface area contributed by atoms with Crippen LogP contribution in [-0.4, -0.2) is 18.4 Å². The summed E-state index contributed by atoms with van der Waals surface area (Å²) in [5.74, 6) is 0.0839. The van der Waals surface area contributed by atoms with Crippen LogP contribution < -0.4 is 0 Å². The minimum absolute atomic E-state index is 0.138. The van der Waals surface area contributed by atoms with E-state index in [0.717, 1.165) is 37.7 Å². The number of ketones is 1. The summed E-state index contributed by atoms with van der Waals surface area (Å²) in [5.41, 5.74) is 0.384. The molecule has 0 N–H and O–H groups in total. The summed E-state index contributed by atoms with van der Waals surface area (Å²) in [6, 6.07) is 9.44. The van der Waals surface area contributed by atoms with Crippen LogP contribution in [0.25, 0.3) is 0 Å². The van der Waals surface area contributed by atoms with Crippen LogP contribution in [0.3, 0.4) is 0 Å². The van der Waals surface area contributed by atoms with Gasteiger partial charge in [0.1, 0.15) is 0 Å². The van der Waals surface area contributed by atoms with E-state index in [-0.39, 0.29) is 11.8 Å². The van der Waals surface area contributed by atoms with Crippen molar-refractivity contribution in [2.75, 3.05) is 6.61 Å². The summed E-state index contributed by atoms with van der Waals surface area (Å²) in [6.45, 7) is 6.08. The summed E-state index contributed by atoms with van der Waals surface area (Å²) in [4.78, 5) is 23.4. The van der Waals surface area contributed by atoms with Gasteiger partial charge in [-0.25, -0.2) is 0 Å². The van der Waals surface area contributed by atoms with Gasteiger partial charge < -0.3 is 4.74 Å². The largest absolute Gasteiger partial charge is 0.465 e. The number of benzene rings is 1. The first kappa shape index (κ1) is 18.4. The Morgan fingerprint density at radius 1 is 0.909 bits per heavy atom. The zero-order chi connectivity index (χ0) is 16.4. The molecular weight excluding hydrogens is 276 g/mol. The van der Waals surface area contributed by atoms with Gasteiger partial charge in [-0.1, -0.05) is 49.6 Å². The first-order valence-electron chi connectivity index (χ1n) is 8.17. The van der Waals surface area contributed by atoms with Gasteiger partial charge in [-0.15, -0.1) is 0 Å². The predicted molar refractivity (Wildman–Crippen MR) is 88.9 cm³/mol. The number of unbranched alkanes of at least 4 members (excludes halogenated alkanes) is 4. The van der Waals surface area contributed by atoms with Gasteiger partial charge in [-0.05, 0) is 33.6 Å². The van der Waals surface area contributed by atoms with E-state index >= 15 is 0 Å². The van der Waals surface area contributed by atoms with Gasteiger partial charge in [0.15, 0.2) is 5.78 Å². The third kappa shape index (κ3) is 7.39. The number of hydrogen-bond acceptors (Lipinski definition) is 3. The molecule has 0 aliphatic rings. The normalized spacial score (nSPS) is 11.2. The van der Waals surface area contributed by atoms with Crippen molar-refractivity contribution in [3.63, 3.8) is 0 Å². The Morgan fingerprint density at radius 2 is 1.50 bits per heavy atom. The second kappa shape index (κ2) is 9.39. The van der Waals surface area contributed by atoms with Crippen molar-refractivity contribution in [3.05, 3.63) is 35.9 Å². The summed E-state index contributed by atoms with van der Waals surface area (Å²) >= 11 is 0. The Balaban J connectivity index is 2.00. The molecule has 0 saturated heterocycles. The number of rotatable bonds is 9. The van der Waals surface area contributed by atoms with E-state index in [2.05, 4.69) is 0 Å². The van der Waals surface area contributed by atoms with Gasteiger partial charge in [0, 0.05) is 12.0 Å². The highest BCUT2D eigenvalue weighted by molar-refractivity contribution is 5.95. The lowest BCUT2D eigenvalue weighted by molar-refractivity contribution is -0.153. The molecule has 0 aliphatic heterocycles. The van der Waals surface area contributed by atoms with Crippen LogP contribution in [0.15, 0.2) is 30.3 Å². The molecule has 0 unspecified atom stereocenters. The van der Waals surface area contributed by atoms with Gasteiger partial charge >= 0.3 is 5.97 Å². The minimum Gasteiger partial charge on any atom is -0.465 e.